The van der Waals surface area contributed by atoms with Crippen molar-refractivity contribution in [2.75, 3.05) is 13.7 Å². The van der Waals surface area contributed by atoms with Gasteiger partial charge < -0.3 is 15.8 Å². The van der Waals surface area contributed by atoms with Crippen molar-refractivity contribution in [1.82, 2.24) is 5.32 Å². The van der Waals surface area contributed by atoms with Crippen LogP contribution in [0.4, 0.5) is 0 Å². The first-order valence-electron chi connectivity index (χ1n) is 5.17. The molecular formula is C11H24N2O2. The van der Waals surface area contributed by atoms with Gasteiger partial charge in [0.1, 0.15) is 0 Å². The number of ether oxygens (including phenoxy) is 1. The van der Waals surface area contributed by atoms with Gasteiger partial charge in [0.25, 0.3) is 0 Å². The normalized spacial score (nSPS) is 14.9. The van der Waals surface area contributed by atoms with Crippen molar-refractivity contribution < 1.29 is 9.53 Å². The molecule has 0 rings (SSSR count). The zero-order valence-electron chi connectivity index (χ0n) is 10.7. The van der Waals surface area contributed by atoms with Crippen LogP contribution < -0.4 is 11.1 Å². The van der Waals surface area contributed by atoms with E-state index in [0.717, 1.165) is 0 Å². The number of carbonyl (C=O) groups excluding carboxylic acids is 1. The van der Waals surface area contributed by atoms with Crippen LogP contribution in [0, 0.1) is 5.41 Å². The lowest BCUT2D eigenvalue weighted by molar-refractivity contribution is -0.126. The van der Waals surface area contributed by atoms with Gasteiger partial charge in [0.05, 0.1) is 18.2 Å². The van der Waals surface area contributed by atoms with E-state index in [1.54, 1.807) is 7.11 Å². The predicted octanol–water partition coefficient (Wildman–Crippen LogP) is 0.901. The van der Waals surface area contributed by atoms with Crippen LogP contribution in [0.5, 0.6) is 0 Å². The third-order valence-electron chi connectivity index (χ3n) is 2.18. The molecule has 0 aromatic heterocycles. The third-order valence-corrected chi connectivity index (χ3v) is 2.18. The van der Waals surface area contributed by atoms with Gasteiger partial charge in [0.2, 0.25) is 5.91 Å². The molecule has 0 aliphatic carbocycles. The van der Waals surface area contributed by atoms with Crippen LogP contribution >= 0.6 is 0 Å². The van der Waals surface area contributed by atoms with Gasteiger partial charge in [-0.15, -0.1) is 0 Å². The third kappa shape index (κ3) is 5.14. The van der Waals surface area contributed by atoms with E-state index < -0.39 is 6.04 Å². The van der Waals surface area contributed by atoms with Crippen LogP contribution in [-0.4, -0.2) is 31.2 Å². The minimum absolute atomic E-state index is 0.135. The molecule has 90 valence electrons. The molecule has 1 unspecified atom stereocenters. The molecule has 0 heterocycles. The molecule has 1 amide bonds. The molecule has 0 saturated carbocycles. The molecule has 0 spiro atoms. The van der Waals surface area contributed by atoms with E-state index in [1.165, 1.54) is 0 Å². The lowest BCUT2D eigenvalue weighted by atomic mass is 9.86. The molecule has 0 aliphatic rings. The maximum Gasteiger partial charge on any atom is 0.237 e. The van der Waals surface area contributed by atoms with Crippen molar-refractivity contribution in [3.63, 3.8) is 0 Å². The molecular weight excluding hydrogens is 192 g/mol. The maximum absolute atomic E-state index is 11.8. The number of nitrogens with one attached hydrogen (secondary N) is 1. The van der Waals surface area contributed by atoms with E-state index in [9.17, 15) is 4.79 Å². The Balaban J connectivity index is 4.37. The molecule has 0 aromatic carbocycles. The Morgan fingerprint density at radius 3 is 2.13 bits per heavy atom. The SMILES string of the molecule is COCC(C)(C)NC(=O)C(N)C(C)(C)C. The van der Waals surface area contributed by atoms with E-state index in [1.807, 2.05) is 34.6 Å². The maximum atomic E-state index is 11.8. The second kappa shape index (κ2) is 4.94. The molecule has 0 aromatic rings. The fraction of sp³-hybridized carbons (Fsp3) is 0.909. The van der Waals surface area contributed by atoms with Crippen LogP contribution in [0.2, 0.25) is 0 Å². The van der Waals surface area contributed by atoms with Crippen LogP contribution in [0.3, 0.4) is 0 Å². The van der Waals surface area contributed by atoms with E-state index >= 15 is 0 Å². The molecule has 1 atom stereocenters. The van der Waals surface area contributed by atoms with E-state index in [2.05, 4.69) is 5.32 Å². The first-order valence-corrected chi connectivity index (χ1v) is 5.17. The van der Waals surface area contributed by atoms with Crippen LogP contribution in [0.15, 0.2) is 0 Å². The minimum atomic E-state index is -0.506. The summed E-state index contributed by atoms with van der Waals surface area (Å²) in [5, 5.41) is 2.87. The van der Waals surface area contributed by atoms with E-state index in [4.69, 9.17) is 10.5 Å². The predicted molar refractivity (Wildman–Crippen MR) is 61.5 cm³/mol. The van der Waals surface area contributed by atoms with E-state index in [0.29, 0.717) is 6.61 Å². The first-order chi connectivity index (χ1) is 6.60. The monoisotopic (exact) mass is 216 g/mol. The number of hydrogen-bond acceptors (Lipinski definition) is 3. The van der Waals surface area contributed by atoms with Crippen molar-refractivity contribution in [3.8, 4) is 0 Å². The lowest BCUT2D eigenvalue weighted by Gasteiger charge is -2.31. The summed E-state index contributed by atoms with van der Waals surface area (Å²) in [5.74, 6) is -0.135. The molecule has 3 N–H and O–H groups in total. The van der Waals surface area contributed by atoms with Crippen LogP contribution in [0.25, 0.3) is 0 Å². The number of amides is 1. The Morgan fingerprint density at radius 2 is 1.80 bits per heavy atom. The molecule has 0 fully saturated rings. The Kier molecular flexibility index (Phi) is 4.74. The van der Waals surface area contributed by atoms with Gasteiger partial charge in [0.15, 0.2) is 0 Å². The highest BCUT2D eigenvalue weighted by molar-refractivity contribution is 5.82. The molecule has 0 bridgehead atoms. The number of methoxy groups -OCH3 is 1. The Hall–Kier alpha value is -0.610. The summed E-state index contributed by atoms with van der Waals surface area (Å²) in [6, 6.07) is -0.506. The Morgan fingerprint density at radius 1 is 1.33 bits per heavy atom. The van der Waals surface area contributed by atoms with Gasteiger partial charge in [-0.05, 0) is 19.3 Å². The zero-order valence-corrected chi connectivity index (χ0v) is 10.7. The van der Waals surface area contributed by atoms with Crippen LogP contribution in [0.1, 0.15) is 34.6 Å². The molecule has 15 heavy (non-hydrogen) atoms. The summed E-state index contributed by atoms with van der Waals surface area (Å²) in [4.78, 5) is 11.8. The van der Waals surface area contributed by atoms with Crippen molar-refractivity contribution >= 4 is 5.91 Å². The summed E-state index contributed by atoms with van der Waals surface area (Å²) >= 11 is 0. The highest BCUT2D eigenvalue weighted by atomic mass is 16.5. The molecule has 0 radical (unpaired) electrons. The summed E-state index contributed by atoms with van der Waals surface area (Å²) in [5.41, 5.74) is 5.24. The summed E-state index contributed by atoms with van der Waals surface area (Å²) in [7, 11) is 1.61. The summed E-state index contributed by atoms with van der Waals surface area (Å²) < 4.78 is 5.02. The van der Waals surface area contributed by atoms with Gasteiger partial charge in [0, 0.05) is 7.11 Å². The summed E-state index contributed by atoms with van der Waals surface area (Å²) in [6.07, 6.45) is 0. The summed E-state index contributed by atoms with van der Waals surface area (Å²) in [6.45, 7) is 10.1. The average molecular weight is 216 g/mol. The van der Waals surface area contributed by atoms with Gasteiger partial charge in [-0.3, -0.25) is 4.79 Å². The first kappa shape index (κ1) is 14.4. The molecule has 4 nitrogen and oxygen atoms in total. The second-order valence-corrected chi connectivity index (χ2v) is 5.65. The Labute approximate surface area is 92.6 Å². The van der Waals surface area contributed by atoms with Crippen molar-refractivity contribution in [1.29, 1.82) is 0 Å². The van der Waals surface area contributed by atoms with Crippen molar-refractivity contribution in [2.45, 2.75) is 46.2 Å². The number of carbonyl (C=O) groups is 1. The minimum Gasteiger partial charge on any atom is -0.382 e. The number of hydrogen-bond donors (Lipinski definition) is 2. The van der Waals surface area contributed by atoms with Gasteiger partial charge in [-0.25, -0.2) is 0 Å². The van der Waals surface area contributed by atoms with Crippen molar-refractivity contribution in [3.05, 3.63) is 0 Å². The highest BCUT2D eigenvalue weighted by Crippen LogP contribution is 2.18. The van der Waals surface area contributed by atoms with Gasteiger partial charge >= 0.3 is 0 Å². The zero-order chi connectivity index (χ0) is 12.3. The molecule has 0 saturated heterocycles. The lowest BCUT2D eigenvalue weighted by Crippen LogP contribution is -2.56. The average Bonchev–Trinajstić information content (AvgIpc) is 1.99. The Bertz CT molecular complexity index is 219. The van der Waals surface area contributed by atoms with Crippen molar-refractivity contribution in [2.24, 2.45) is 11.1 Å². The number of nitrogens with two attached hydrogens (primary N) is 1. The van der Waals surface area contributed by atoms with Gasteiger partial charge in [-0.1, -0.05) is 20.8 Å². The largest absolute Gasteiger partial charge is 0.382 e. The number of rotatable bonds is 4. The highest BCUT2D eigenvalue weighted by Gasteiger charge is 2.30. The smallest absolute Gasteiger partial charge is 0.237 e. The fourth-order valence-electron chi connectivity index (χ4n) is 1.20. The standard InChI is InChI=1S/C11H24N2O2/c1-10(2,3)8(12)9(14)13-11(4,5)7-15-6/h8H,7,12H2,1-6H3,(H,13,14). The molecule has 0 aliphatic heterocycles. The van der Waals surface area contributed by atoms with Crippen LogP contribution in [-0.2, 0) is 9.53 Å². The van der Waals surface area contributed by atoms with E-state index in [-0.39, 0.29) is 16.9 Å². The quantitative estimate of drug-likeness (QED) is 0.734. The second-order valence-electron chi connectivity index (χ2n) is 5.65. The molecule has 4 heteroatoms. The fourth-order valence-corrected chi connectivity index (χ4v) is 1.20. The topological polar surface area (TPSA) is 64.3 Å². The van der Waals surface area contributed by atoms with Gasteiger partial charge in [-0.2, -0.15) is 0 Å².